The van der Waals surface area contributed by atoms with Gasteiger partial charge in [0, 0.05) is 20.1 Å². The smallest absolute Gasteiger partial charge is 0.167 e. The first-order valence-corrected chi connectivity index (χ1v) is 9.51. The van der Waals surface area contributed by atoms with Crippen LogP contribution in [0.25, 0.3) is 0 Å². The Kier molecular flexibility index (Phi) is 10.2. The lowest BCUT2D eigenvalue weighted by molar-refractivity contribution is -0.229. The first kappa shape index (κ1) is 22.0. The van der Waals surface area contributed by atoms with Gasteiger partial charge in [0.1, 0.15) is 0 Å². The van der Waals surface area contributed by atoms with Crippen molar-refractivity contribution in [2.75, 3.05) is 14.2 Å². The molecule has 1 aromatic rings. The Bertz CT molecular complexity index is 487. The number of aryl methyl sites for hydroxylation is 1. The van der Waals surface area contributed by atoms with Crippen molar-refractivity contribution in [3.63, 3.8) is 0 Å². The zero-order valence-corrected chi connectivity index (χ0v) is 16.2. The number of hydrogen-bond donors (Lipinski definition) is 0. The summed E-state index contributed by atoms with van der Waals surface area (Å²) in [4.78, 5) is 0. The van der Waals surface area contributed by atoms with Crippen molar-refractivity contribution in [1.29, 1.82) is 0 Å². The highest BCUT2D eigenvalue weighted by Gasteiger charge is 2.33. The van der Waals surface area contributed by atoms with Crippen molar-refractivity contribution < 1.29 is 18.3 Å². The van der Waals surface area contributed by atoms with Gasteiger partial charge in [-0.1, -0.05) is 51.5 Å². The van der Waals surface area contributed by atoms with Gasteiger partial charge in [-0.15, -0.1) is 0 Å². The number of rotatable bonds is 13. The molecule has 1 atom stereocenters. The van der Waals surface area contributed by atoms with Gasteiger partial charge in [0.05, 0.1) is 0 Å². The Labute approximate surface area is 151 Å². The van der Waals surface area contributed by atoms with Gasteiger partial charge >= 0.3 is 0 Å². The highest BCUT2D eigenvalue weighted by atomic mass is 19.2. The monoisotopic (exact) mass is 356 g/mol. The molecule has 0 aromatic heterocycles. The van der Waals surface area contributed by atoms with E-state index in [0.29, 0.717) is 6.42 Å². The van der Waals surface area contributed by atoms with E-state index >= 15 is 0 Å². The van der Waals surface area contributed by atoms with Gasteiger partial charge in [-0.25, -0.2) is 8.78 Å². The molecule has 0 heterocycles. The number of halogens is 2. The first-order chi connectivity index (χ1) is 12.0. The van der Waals surface area contributed by atoms with E-state index < -0.39 is 17.4 Å². The molecule has 0 aliphatic heterocycles. The van der Waals surface area contributed by atoms with Crippen molar-refractivity contribution in [2.45, 2.75) is 77.4 Å². The van der Waals surface area contributed by atoms with E-state index in [9.17, 15) is 8.78 Å². The lowest BCUT2D eigenvalue weighted by Gasteiger charge is -2.35. The second-order valence-corrected chi connectivity index (χ2v) is 6.96. The standard InChI is InChI=1S/C21H34F2O2/c1-5-6-7-8-9-10-11-18(21(2,24-3)25-4)14-12-17-13-15-19(22)20(23)16-17/h13,15-16,18H,5-12,14H2,1-4H3. The molecule has 0 saturated heterocycles. The molecule has 1 unspecified atom stereocenters. The zero-order valence-electron chi connectivity index (χ0n) is 16.2. The molecule has 0 aliphatic rings. The van der Waals surface area contributed by atoms with Crippen LogP contribution in [-0.4, -0.2) is 20.0 Å². The van der Waals surface area contributed by atoms with Gasteiger partial charge < -0.3 is 9.47 Å². The van der Waals surface area contributed by atoms with Crippen LogP contribution >= 0.6 is 0 Å². The molecule has 25 heavy (non-hydrogen) atoms. The Morgan fingerprint density at radius 1 is 0.920 bits per heavy atom. The van der Waals surface area contributed by atoms with Crippen LogP contribution in [0.5, 0.6) is 0 Å². The minimum absolute atomic E-state index is 0.210. The van der Waals surface area contributed by atoms with Crippen LogP contribution in [0, 0.1) is 17.6 Å². The molecule has 0 amide bonds. The average Bonchev–Trinajstić information content (AvgIpc) is 2.62. The highest BCUT2D eigenvalue weighted by Crippen LogP contribution is 2.31. The van der Waals surface area contributed by atoms with E-state index in [1.54, 1.807) is 20.3 Å². The number of benzene rings is 1. The number of unbranched alkanes of at least 4 members (excludes halogenated alkanes) is 5. The SMILES string of the molecule is CCCCCCCCC(CCc1ccc(F)c(F)c1)C(C)(OC)OC. The molecule has 0 aliphatic carbocycles. The Morgan fingerprint density at radius 2 is 1.56 bits per heavy atom. The Hall–Kier alpha value is -1.00. The average molecular weight is 356 g/mol. The van der Waals surface area contributed by atoms with Crippen LogP contribution in [-0.2, 0) is 15.9 Å². The molecule has 4 heteroatoms. The summed E-state index contributed by atoms with van der Waals surface area (Å²) in [6.45, 7) is 4.18. The third kappa shape index (κ3) is 7.41. The van der Waals surface area contributed by atoms with Gasteiger partial charge in [-0.05, 0) is 43.9 Å². The maximum atomic E-state index is 13.4. The van der Waals surface area contributed by atoms with E-state index in [4.69, 9.17) is 9.47 Å². The molecule has 144 valence electrons. The van der Waals surface area contributed by atoms with Crippen LogP contribution in [0.4, 0.5) is 8.78 Å². The minimum Gasteiger partial charge on any atom is -0.353 e. The number of hydrogen-bond acceptors (Lipinski definition) is 2. The van der Waals surface area contributed by atoms with Gasteiger partial charge in [-0.2, -0.15) is 0 Å². The van der Waals surface area contributed by atoms with Crippen molar-refractivity contribution >= 4 is 0 Å². The van der Waals surface area contributed by atoms with Crippen LogP contribution in [0.1, 0.15) is 70.8 Å². The molecular weight excluding hydrogens is 322 g/mol. The molecule has 2 nitrogen and oxygen atoms in total. The van der Waals surface area contributed by atoms with Crippen LogP contribution in [0.2, 0.25) is 0 Å². The van der Waals surface area contributed by atoms with Crippen molar-refractivity contribution in [3.8, 4) is 0 Å². The quantitative estimate of drug-likeness (QED) is 0.306. The molecular formula is C21H34F2O2. The Balaban J connectivity index is 2.59. The van der Waals surface area contributed by atoms with Gasteiger partial charge in [-0.3, -0.25) is 0 Å². The zero-order chi connectivity index (χ0) is 18.7. The Morgan fingerprint density at radius 3 is 2.16 bits per heavy atom. The summed E-state index contributed by atoms with van der Waals surface area (Å²) in [6, 6.07) is 4.13. The normalized spacial score (nSPS) is 13.2. The van der Waals surface area contributed by atoms with Gasteiger partial charge in [0.25, 0.3) is 0 Å². The van der Waals surface area contributed by atoms with Crippen LogP contribution in [0.3, 0.4) is 0 Å². The fourth-order valence-electron chi connectivity index (χ4n) is 3.29. The molecule has 0 spiro atoms. The molecule has 0 saturated carbocycles. The van der Waals surface area contributed by atoms with Crippen molar-refractivity contribution in [1.82, 2.24) is 0 Å². The predicted octanol–water partition coefficient (Wildman–Crippen LogP) is 6.27. The van der Waals surface area contributed by atoms with Gasteiger partial charge in [0.2, 0.25) is 0 Å². The third-order valence-electron chi connectivity index (χ3n) is 5.22. The van der Waals surface area contributed by atoms with E-state index in [0.717, 1.165) is 24.8 Å². The van der Waals surface area contributed by atoms with E-state index in [-0.39, 0.29) is 5.92 Å². The number of ether oxygens (including phenoxy) is 2. The summed E-state index contributed by atoms with van der Waals surface area (Å²) in [5, 5.41) is 0. The summed E-state index contributed by atoms with van der Waals surface area (Å²) >= 11 is 0. The van der Waals surface area contributed by atoms with Crippen LogP contribution < -0.4 is 0 Å². The summed E-state index contributed by atoms with van der Waals surface area (Å²) in [5.41, 5.74) is 0.807. The van der Waals surface area contributed by atoms with Crippen molar-refractivity contribution in [2.24, 2.45) is 5.92 Å². The minimum atomic E-state index is -0.800. The van der Waals surface area contributed by atoms with Crippen molar-refractivity contribution in [3.05, 3.63) is 35.4 Å². The largest absolute Gasteiger partial charge is 0.353 e. The fraction of sp³-hybridized carbons (Fsp3) is 0.714. The molecule has 0 radical (unpaired) electrons. The number of methoxy groups -OCH3 is 2. The fourth-order valence-corrected chi connectivity index (χ4v) is 3.29. The third-order valence-corrected chi connectivity index (χ3v) is 5.22. The first-order valence-electron chi connectivity index (χ1n) is 9.51. The summed E-state index contributed by atoms with van der Waals surface area (Å²) in [7, 11) is 3.32. The second kappa shape index (κ2) is 11.6. The maximum Gasteiger partial charge on any atom is 0.167 e. The highest BCUT2D eigenvalue weighted by molar-refractivity contribution is 5.18. The molecule has 0 bridgehead atoms. The topological polar surface area (TPSA) is 18.5 Å². The maximum absolute atomic E-state index is 13.4. The van der Waals surface area contributed by atoms with E-state index in [1.165, 1.54) is 44.2 Å². The summed E-state index contributed by atoms with van der Waals surface area (Å²) < 4.78 is 37.7. The lowest BCUT2D eigenvalue weighted by atomic mass is 9.87. The molecule has 1 rings (SSSR count). The van der Waals surface area contributed by atoms with E-state index in [2.05, 4.69) is 6.92 Å². The summed E-state index contributed by atoms with van der Waals surface area (Å²) in [5.74, 6) is -2.03. The van der Waals surface area contributed by atoms with Gasteiger partial charge in [0.15, 0.2) is 17.4 Å². The lowest BCUT2D eigenvalue weighted by Crippen LogP contribution is -2.39. The molecule has 0 N–H and O–H groups in total. The summed E-state index contributed by atoms with van der Waals surface area (Å²) in [6.07, 6.45) is 9.96. The van der Waals surface area contributed by atoms with Crippen LogP contribution in [0.15, 0.2) is 18.2 Å². The molecule has 0 fully saturated rings. The van der Waals surface area contributed by atoms with E-state index in [1.807, 2.05) is 6.92 Å². The predicted molar refractivity (Wildman–Crippen MR) is 98.6 cm³/mol. The second-order valence-electron chi connectivity index (χ2n) is 6.96. The molecule has 1 aromatic carbocycles.